The number of benzene rings is 2. The molecule has 1 heterocycles. The molecule has 0 saturated heterocycles. The number of hydrogen-bond donors (Lipinski definition) is 2. The van der Waals surface area contributed by atoms with Gasteiger partial charge in [-0.2, -0.15) is 0 Å². The molecule has 1 aromatic heterocycles. The van der Waals surface area contributed by atoms with Crippen LogP contribution in [0.1, 0.15) is 5.56 Å². The predicted octanol–water partition coefficient (Wildman–Crippen LogP) is 1.39. The van der Waals surface area contributed by atoms with Crippen molar-refractivity contribution in [3.05, 3.63) is 54.2 Å². The number of rotatable bonds is 5. The lowest BCUT2D eigenvalue weighted by Crippen LogP contribution is -2.29. The topological polar surface area (TPSA) is 63.9 Å². The number of hydrogen-bond acceptors (Lipinski definition) is 4. The third-order valence-electron chi connectivity index (χ3n) is 3.91. The largest absolute Gasteiger partial charge is 0.493 e. The first-order valence-corrected chi connectivity index (χ1v) is 7.28. The molecule has 0 radical (unpaired) electrons. The maximum atomic E-state index is 9.14. The summed E-state index contributed by atoms with van der Waals surface area (Å²) >= 11 is 0. The molecule has 0 spiro atoms. The van der Waals surface area contributed by atoms with Crippen molar-refractivity contribution in [3.8, 4) is 11.5 Å². The molecule has 2 N–H and O–H groups in total. The lowest BCUT2D eigenvalue weighted by molar-refractivity contribution is 0.355. The maximum Gasteiger partial charge on any atom is 0.488 e. The number of methoxy groups -OCH3 is 2. The molecule has 0 amide bonds. The van der Waals surface area contributed by atoms with Gasteiger partial charge in [0, 0.05) is 24.2 Å². The quantitative estimate of drug-likeness (QED) is 0.699. The Kier molecular flexibility index (Phi) is 4.27. The van der Waals surface area contributed by atoms with E-state index in [9.17, 15) is 0 Å². The van der Waals surface area contributed by atoms with Crippen LogP contribution in [0.5, 0.6) is 11.5 Å². The normalized spacial score (nSPS) is 10.8. The van der Waals surface area contributed by atoms with Gasteiger partial charge in [-0.1, -0.05) is 24.3 Å². The molecule has 0 aliphatic carbocycles. The van der Waals surface area contributed by atoms with Gasteiger partial charge in [-0.05, 0) is 23.2 Å². The van der Waals surface area contributed by atoms with Crippen LogP contribution in [0.25, 0.3) is 10.9 Å². The number of aromatic nitrogens is 1. The molecule has 5 nitrogen and oxygen atoms in total. The highest BCUT2D eigenvalue weighted by molar-refractivity contribution is 6.58. The summed E-state index contributed by atoms with van der Waals surface area (Å²) < 4.78 is 12.8. The number of ether oxygens (including phenoxy) is 2. The second-order valence-electron chi connectivity index (χ2n) is 5.32. The Bertz CT molecular complexity index is 811. The van der Waals surface area contributed by atoms with Crippen molar-refractivity contribution in [2.45, 2.75) is 6.54 Å². The fourth-order valence-electron chi connectivity index (χ4n) is 2.65. The van der Waals surface area contributed by atoms with Gasteiger partial charge < -0.3 is 24.1 Å². The molecule has 0 unspecified atom stereocenters. The van der Waals surface area contributed by atoms with E-state index in [0.29, 0.717) is 23.5 Å². The molecule has 0 fully saturated rings. The van der Waals surface area contributed by atoms with Gasteiger partial charge in [-0.25, -0.2) is 0 Å². The van der Waals surface area contributed by atoms with Gasteiger partial charge in [0.1, 0.15) is 0 Å². The van der Waals surface area contributed by atoms with E-state index in [1.807, 2.05) is 36.5 Å². The van der Waals surface area contributed by atoms with Crippen LogP contribution < -0.4 is 14.9 Å². The maximum absolute atomic E-state index is 9.14. The zero-order chi connectivity index (χ0) is 16.4. The van der Waals surface area contributed by atoms with Crippen LogP contribution >= 0.6 is 0 Å². The fraction of sp³-hybridized carbons (Fsp3) is 0.176. The van der Waals surface area contributed by atoms with Crippen LogP contribution in [-0.2, 0) is 6.54 Å². The van der Waals surface area contributed by atoms with Gasteiger partial charge >= 0.3 is 7.12 Å². The standard InChI is InChI=1S/C17H18BNO4/c1-22-16-9-13-7-8-19(15(13)10-17(16)23-2)11-12-3-5-14(6-4-12)18(20)21/h3-10,20-21H,11H2,1-2H3. The Labute approximate surface area is 134 Å². The van der Waals surface area contributed by atoms with Crippen LogP contribution in [0, 0.1) is 0 Å². The average molecular weight is 311 g/mol. The summed E-state index contributed by atoms with van der Waals surface area (Å²) in [6.45, 7) is 0.681. The van der Waals surface area contributed by atoms with Gasteiger partial charge in [-0.3, -0.25) is 0 Å². The SMILES string of the molecule is COc1cc2ccn(Cc3ccc(B(O)O)cc3)c2cc1OC. The molecular formula is C17H18BNO4. The van der Waals surface area contributed by atoms with Crippen molar-refractivity contribution in [1.29, 1.82) is 0 Å². The predicted molar refractivity (Wildman–Crippen MR) is 90.4 cm³/mol. The lowest BCUT2D eigenvalue weighted by Gasteiger charge is -2.10. The van der Waals surface area contributed by atoms with E-state index >= 15 is 0 Å². The molecule has 118 valence electrons. The first-order chi connectivity index (χ1) is 11.1. The summed E-state index contributed by atoms with van der Waals surface area (Å²) in [5, 5.41) is 19.4. The molecule has 23 heavy (non-hydrogen) atoms. The van der Waals surface area contributed by atoms with E-state index in [0.717, 1.165) is 16.5 Å². The molecule has 0 bridgehead atoms. The van der Waals surface area contributed by atoms with Crippen molar-refractivity contribution in [3.63, 3.8) is 0 Å². The van der Waals surface area contributed by atoms with Gasteiger partial charge in [0.05, 0.1) is 19.7 Å². The van der Waals surface area contributed by atoms with Crippen LogP contribution in [-0.4, -0.2) is 36.0 Å². The molecule has 3 aromatic rings. The van der Waals surface area contributed by atoms with Crippen molar-refractivity contribution < 1.29 is 19.5 Å². The highest BCUT2D eigenvalue weighted by Gasteiger charge is 2.11. The first kappa shape index (κ1) is 15.5. The van der Waals surface area contributed by atoms with Gasteiger partial charge in [0.25, 0.3) is 0 Å². The van der Waals surface area contributed by atoms with E-state index in [2.05, 4.69) is 4.57 Å². The van der Waals surface area contributed by atoms with E-state index in [1.54, 1.807) is 26.4 Å². The number of nitrogens with zero attached hydrogens (tertiary/aromatic N) is 1. The van der Waals surface area contributed by atoms with E-state index in [1.165, 1.54) is 0 Å². The highest BCUT2D eigenvalue weighted by Crippen LogP contribution is 2.32. The summed E-state index contributed by atoms with van der Waals surface area (Å²) in [5.41, 5.74) is 2.60. The Morgan fingerprint density at radius 1 is 0.957 bits per heavy atom. The smallest absolute Gasteiger partial charge is 0.488 e. The minimum atomic E-state index is -1.44. The van der Waals surface area contributed by atoms with Crippen LogP contribution in [0.4, 0.5) is 0 Å². The van der Waals surface area contributed by atoms with Crippen molar-refractivity contribution in [2.75, 3.05) is 14.2 Å². The van der Waals surface area contributed by atoms with Crippen LogP contribution in [0.3, 0.4) is 0 Å². The minimum absolute atomic E-state index is 0.484. The fourth-order valence-corrected chi connectivity index (χ4v) is 2.65. The van der Waals surface area contributed by atoms with Crippen molar-refractivity contribution in [2.24, 2.45) is 0 Å². The Hall–Kier alpha value is -2.44. The second kappa shape index (κ2) is 6.36. The summed E-state index contributed by atoms with van der Waals surface area (Å²) in [6, 6.07) is 13.2. The summed E-state index contributed by atoms with van der Waals surface area (Å²) in [5.74, 6) is 1.40. The molecule has 0 aliphatic rings. The highest BCUT2D eigenvalue weighted by atomic mass is 16.5. The van der Waals surface area contributed by atoms with E-state index < -0.39 is 7.12 Å². The second-order valence-corrected chi connectivity index (χ2v) is 5.32. The summed E-state index contributed by atoms with van der Waals surface area (Å²) in [4.78, 5) is 0. The Balaban J connectivity index is 1.93. The van der Waals surface area contributed by atoms with Gasteiger partial charge in [-0.15, -0.1) is 0 Å². The molecule has 6 heteroatoms. The molecule has 0 saturated carbocycles. The van der Waals surface area contributed by atoms with E-state index in [4.69, 9.17) is 19.5 Å². The monoisotopic (exact) mass is 311 g/mol. The van der Waals surface area contributed by atoms with Crippen LogP contribution in [0.2, 0.25) is 0 Å². The van der Waals surface area contributed by atoms with Crippen molar-refractivity contribution in [1.82, 2.24) is 4.57 Å². The molecular weight excluding hydrogens is 293 g/mol. The zero-order valence-electron chi connectivity index (χ0n) is 13.1. The molecule has 3 rings (SSSR count). The molecule has 0 atom stereocenters. The third kappa shape index (κ3) is 3.04. The average Bonchev–Trinajstić information content (AvgIpc) is 2.96. The summed E-state index contributed by atoms with van der Waals surface area (Å²) in [7, 11) is 1.81. The zero-order valence-corrected chi connectivity index (χ0v) is 13.1. The molecule has 0 aliphatic heterocycles. The Morgan fingerprint density at radius 3 is 2.22 bits per heavy atom. The van der Waals surface area contributed by atoms with E-state index in [-0.39, 0.29) is 0 Å². The van der Waals surface area contributed by atoms with Crippen LogP contribution in [0.15, 0.2) is 48.7 Å². The minimum Gasteiger partial charge on any atom is -0.493 e. The Morgan fingerprint density at radius 2 is 1.61 bits per heavy atom. The molecule has 2 aromatic carbocycles. The van der Waals surface area contributed by atoms with Crippen molar-refractivity contribution >= 4 is 23.5 Å². The van der Waals surface area contributed by atoms with Gasteiger partial charge in [0.15, 0.2) is 11.5 Å². The number of fused-ring (bicyclic) bond motifs is 1. The van der Waals surface area contributed by atoms with Gasteiger partial charge in [0.2, 0.25) is 0 Å². The lowest BCUT2D eigenvalue weighted by atomic mass is 9.80. The first-order valence-electron chi connectivity index (χ1n) is 7.28. The summed E-state index contributed by atoms with van der Waals surface area (Å²) in [6.07, 6.45) is 2.01. The third-order valence-corrected chi connectivity index (χ3v) is 3.91.